The van der Waals surface area contributed by atoms with Gasteiger partial charge < -0.3 is 15.4 Å². The second-order valence-corrected chi connectivity index (χ2v) is 8.79. The zero-order valence-electron chi connectivity index (χ0n) is 18.5. The van der Waals surface area contributed by atoms with E-state index in [0.717, 1.165) is 42.0 Å². The summed E-state index contributed by atoms with van der Waals surface area (Å²) in [6.45, 7) is 7.76. The monoisotopic (exact) mass is 460 g/mol. The van der Waals surface area contributed by atoms with E-state index in [0.29, 0.717) is 23.9 Å². The van der Waals surface area contributed by atoms with Gasteiger partial charge in [0.1, 0.15) is 5.75 Å². The molecular weight excluding hydrogens is 432 g/mol. The van der Waals surface area contributed by atoms with Gasteiger partial charge >= 0.3 is 0 Å². The van der Waals surface area contributed by atoms with Crippen molar-refractivity contribution < 1.29 is 9.53 Å². The van der Waals surface area contributed by atoms with E-state index in [1.807, 2.05) is 41.3 Å². The van der Waals surface area contributed by atoms with E-state index in [-0.39, 0.29) is 5.91 Å². The molecule has 0 spiro atoms. The molecule has 0 aliphatic carbocycles. The fourth-order valence-corrected chi connectivity index (χ4v) is 4.63. The lowest BCUT2D eigenvalue weighted by atomic mass is 10.1. The minimum atomic E-state index is -0.0000320. The average Bonchev–Trinajstić information content (AvgIpc) is 3.26. The van der Waals surface area contributed by atoms with E-state index >= 15 is 0 Å². The van der Waals surface area contributed by atoms with Crippen LogP contribution in [0.2, 0.25) is 0 Å². The summed E-state index contributed by atoms with van der Waals surface area (Å²) in [4.78, 5) is 21.4. The third kappa shape index (κ3) is 5.88. The second kappa shape index (κ2) is 10.9. The third-order valence-corrected chi connectivity index (χ3v) is 6.51. The number of benzene rings is 2. The first-order chi connectivity index (χ1) is 16.2. The van der Waals surface area contributed by atoms with Gasteiger partial charge in [-0.2, -0.15) is 0 Å². The Bertz CT molecular complexity index is 1130. The van der Waals surface area contributed by atoms with Crippen LogP contribution < -0.4 is 10.5 Å². The molecule has 3 aromatic rings. The minimum absolute atomic E-state index is 0.0000320. The SMILES string of the molecule is C=C/C=C(\C=C/N)C(=O)N1CCN(CCc2ccc(Oc3nc4ccccc4s3)cc2)CC1. The molecule has 2 N–H and O–H groups in total. The molecule has 33 heavy (non-hydrogen) atoms. The first kappa shape index (κ1) is 22.8. The lowest BCUT2D eigenvalue weighted by Gasteiger charge is -2.35. The van der Waals surface area contributed by atoms with Crippen molar-refractivity contribution in [2.75, 3.05) is 32.7 Å². The number of piperazine rings is 1. The largest absolute Gasteiger partial charge is 0.431 e. The summed E-state index contributed by atoms with van der Waals surface area (Å²) in [6.07, 6.45) is 7.27. The van der Waals surface area contributed by atoms with Gasteiger partial charge in [-0.1, -0.05) is 48.3 Å². The first-order valence-corrected chi connectivity index (χ1v) is 11.8. The van der Waals surface area contributed by atoms with E-state index in [1.54, 1.807) is 29.6 Å². The van der Waals surface area contributed by atoms with Gasteiger partial charge in [0.15, 0.2) is 0 Å². The molecule has 4 rings (SSSR count). The number of aromatic nitrogens is 1. The lowest BCUT2D eigenvalue weighted by Crippen LogP contribution is -2.49. The maximum absolute atomic E-state index is 12.6. The van der Waals surface area contributed by atoms with E-state index < -0.39 is 0 Å². The predicted octanol–water partition coefficient (Wildman–Crippen LogP) is 4.36. The highest BCUT2D eigenvalue weighted by molar-refractivity contribution is 7.20. The van der Waals surface area contributed by atoms with Crippen molar-refractivity contribution in [2.24, 2.45) is 5.73 Å². The van der Waals surface area contributed by atoms with Gasteiger partial charge in [-0.25, -0.2) is 4.98 Å². The minimum Gasteiger partial charge on any atom is -0.431 e. The molecule has 1 aliphatic heterocycles. The normalized spacial score (nSPS) is 15.3. The average molecular weight is 461 g/mol. The van der Waals surface area contributed by atoms with Gasteiger partial charge in [0, 0.05) is 38.3 Å². The van der Waals surface area contributed by atoms with Crippen molar-refractivity contribution in [1.29, 1.82) is 0 Å². The molecule has 7 heteroatoms. The first-order valence-electron chi connectivity index (χ1n) is 11.0. The van der Waals surface area contributed by atoms with E-state index in [1.165, 1.54) is 11.8 Å². The number of nitrogens with two attached hydrogens (primary N) is 1. The number of thiazole rings is 1. The summed E-state index contributed by atoms with van der Waals surface area (Å²) < 4.78 is 7.06. The van der Waals surface area contributed by atoms with E-state index in [9.17, 15) is 4.79 Å². The molecule has 2 aromatic carbocycles. The number of nitrogens with zero attached hydrogens (tertiary/aromatic N) is 3. The molecule has 1 aliphatic rings. The van der Waals surface area contributed by atoms with Crippen molar-refractivity contribution in [3.05, 3.63) is 90.7 Å². The van der Waals surface area contributed by atoms with Crippen molar-refractivity contribution in [3.8, 4) is 10.9 Å². The van der Waals surface area contributed by atoms with Gasteiger partial charge in [-0.3, -0.25) is 9.69 Å². The standard InChI is InChI=1S/C26H28N4O2S/c1-2-5-21(12-14-27)25(31)30-18-16-29(17-19-30)15-13-20-8-10-22(11-9-20)32-26-28-23-6-3-4-7-24(23)33-26/h2-12,14H,1,13,15-19,27H2/b14-12-,21-5+. The number of rotatable bonds is 8. The van der Waals surface area contributed by atoms with Crippen LogP contribution in [0.3, 0.4) is 0 Å². The molecule has 6 nitrogen and oxygen atoms in total. The third-order valence-electron chi connectivity index (χ3n) is 5.60. The molecule has 1 aromatic heterocycles. The van der Waals surface area contributed by atoms with Gasteiger partial charge in [0.05, 0.1) is 10.2 Å². The van der Waals surface area contributed by atoms with E-state index in [4.69, 9.17) is 10.5 Å². The maximum Gasteiger partial charge on any atom is 0.279 e. The summed E-state index contributed by atoms with van der Waals surface area (Å²) in [5, 5.41) is 0.657. The Balaban J connectivity index is 1.25. The zero-order chi connectivity index (χ0) is 23.0. The molecule has 1 saturated heterocycles. The van der Waals surface area contributed by atoms with Crippen LogP contribution in [0.15, 0.2) is 85.1 Å². The van der Waals surface area contributed by atoms with Gasteiger partial charge in [0.2, 0.25) is 0 Å². The Morgan fingerprint density at radius 3 is 2.58 bits per heavy atom. The summed E-state index contributed by atoms with van der Waals surface area (Å²) in [6, 6.07) is 16.2. The molecular formula is C26H28N4O2S. The van der Waals surface area contributed by atoms with Gasteiger partial charge in [0.25, 0.3) is 11.1 Å². The molecule has 1 fully saturated rings. The van der Waals surface area contributed by atoms with Crippen LogP contribution in [0.4, 0.5) is 0 Å². The fraction of sp³-hybridized carbons (Fsp3) is 0.231. The van der Waals surface area contributed by atoms with Crippen LogP contribution in [0.5, 0.6) is 10.9 Å². The second-order valence-electron chi connectivity index (χ2n) is 7.79. The number of para-hydroxylation sites is 1. The molecule has 0 atom stereocenters. The van der Waals surface area contributed by atoms with Crippen molar-refractivity contribution in [2.45, 2.75) is 6.42 Å². The number of amides is 1. The highest BCUT2D eigenvalue weighted by Gasteiger charge is 2.22. The number of fused-ring (bicyclic) bond motifs is 1. The number of hydrogen-bond acceptors (Lipinski definition) is 6. The maximum atomic E-state index is 12.6. The van der Waals surface area contributed by atoms with Crippen LogP contribution in [-0.4, -0.2) is 53.4 Å². The molecule has 0 radical (unpaired) electrons. The van der Waals surface area contributed by atoms with Crippen LogP contribution in [0.1, 0.15) is 5.56 Å². The van der Waals surface area contributed by atoms with Crippen molar-refractivity contribution >= 4 is 27.5 Å². The summed E-state index contributed by atoms with van der Waals surface area (Å²) in [5.41, 5.74) is 8.24. The lowest BCUT2D eigenvalue weighted by molar-refractivity contribution is -0.128. The highest BCUT2D eigenvalue weighted by atomic mass is 32.1. The quantitative estimate of drug-likeness (QED) is 0.399. The predicted molar refractivity (Wildman–Crippen MR) is 134 cm³/mol. The van der Waals surface area contributed by atoms with Crippen molar-refractivity contribution in [1.82, 2.24) is 14.8 Å². The Hall–Kier alpha value is -3.42. The van der Waals surface area contributed by atoms with Crippen LogP contribution in [-0.2, 0) is 11.2 Å². The Morgan fingerprint density at radius 2 is 1.88 bits per heavy atom. The Kier molecular flexibility index (Phi) is 7.55. The highest BCUT2D eigenvalue weighted by Crippen LogP contribution is 2.31. The number of carbonyl (C=O) groups is 1. The number of carbonyl (C=O) groups excluding carboxylic acids is 1. The summed E-state index contributed by atoms with van der Waals surface area (Å²) in [7, 11) is 0. The number of ether oxygens (including phenoxy) is 1. The Labute approximate surface area is 198 Å². The fourth-order valence-electron chi connectivity index (χ4n) is 3.79. The zero-order valence-corrected chi connectivity index (χ0v) is 19.3. The molecule has 170 valence electrons. The van der Waals surface area contributed by atoms with Crippen LogP contribution in [0.25, 0.3) is 10.2 Å². The van der Waals surface area contributed by atoms with Crippen LogP contribution >= 0.6 is 11.3 Å². The van der Waals surface area contributed by atoms with Gasteiger partial charge in [-0.15, -0.1) is 0 Å². The van der Waals surface area contributed by atoms with Crippen LogP contribution in [0, 0.1) is 0 Å². The van der Waals surface area contributed by atoms with Gasteiger partial charge in [-0.05, 0) is 54.6 Å². The number of allylic oxidation sites excluding steroid dienone is 2. The molecule has 2 heterocycles. The molecule has 0 bridgehead atoms. The molecule has 0 unspecified atom stereocenters. The molecule has 0 saturated carbocycles. The summed E-state index contributed by atoms with van der Waals surface area (Å²) in [5.74, 6) is 0.791. The van der Waals surface area contributed by atoms with Crippen molar-refractivity contribution in [3.63, 3.8) is 0 Å². The topological polar surface area (TPSA) is 71.7 Å². The number of hydrogen-bond donors (Lipinski definition) is 1. The summed E-state index contributed by atoms with van der Waals surface area (Å²) >= 11 is 1.55. The smallest absolute Gasteiger partial charge is 0.279 e. The Morgan fingerprint density at radius 1 is 1.12 bits per heavy atom. The van der Waals surface area contributed by atoms with E-state index in [2.05, 4.69) is 28.6 Å². The molecule has 1 amide bonds.